The number of oxime groups is 1. The Morgan fingerprint density at radius 3 is 2.63 bits per heavy atom. The predicted molar refractivity (Wildman–Crippen MR) is 79.3 cm³/mol. The summed E-state index contributed by atoms with van der Waals surface area (Å²) in [5, 5.41) is 14.5. The number of hydrogen-bond donors (Lipinski definition) is 3. The molecule has 1 rings (SSSR count). The van der Waals surface area contributed by atoms with E-state index >= 15 is 0 Å². The third-order valence-electron chi connectivity index (χ3n) is 3.18. The van der Waals surface area contributed by atoms with Gasteiger partial charge in [-0.05, 0) is 44.0 Å². The SMILES string of the molecule is CCC(C)(C(=O)Nc1cc(C)cc(Br)c1)/C(N)=N/O. The van der Waals surface area contributed by atoms with Crippen molar-refractivity contribution in [3.05, 3.63) is 28.2 Å². The van der Waals surface area contributed by atoms with E-state index in [2.05, 4.69) is 26.4 Å². The molecule has 6 heteroatoms. The van der Waals surface area contributed by atoms with Gasteiger partial charge in [0.2, 0.25) is 5.91 Å². The molecule has 1 atom stereocenters. The zero-order valence-corrected chi connectivity index (χ0v) is 12.8. The first kappa shape index (κ1) is 15.5. The zero-order valence-electron chi connectivity index (χ0n) is 11.2. The lowest BCUT2D eigenvalue weighted by molar-refractivity contribution is -0.121. The van der Waals surface area contributed by atoms with Crippen LogP contribution in [0.15, 0.2) is 27.8 Å². The van der Waals surface area contributed by atoms with Gasteiger partial charge in [0.1, 0.15) is 5.41 Å². The third kappa shape index (κ3) is 3.47. The second-order valence-electron chi connectivity index (χ2n) is 4.64. The van der Waals surface area contributed by atoms with Crippen molar-refractivity contribution in [2.24, 2.45) is 16.3 Å². The number of nitrogens with one attached hydrogen (secondary N) is 1. The van der Waals surface area contributed by atoms with E-state index in [0.717, 1.165) is 10.0 Å². The number of nitrogens with zero attached hydrogens (tertiary/aromatic N) is 1. The second-order valence-corrected chi connectivity index (χ2v) is 5.56. The lowest BCUT2D eigenvalue weighted by Gasteiger charge is -2.25. The molecule has 0 saturated heterocycles. The molecule has 0 aliphatic heterocycles. The number of carbonyl (C=O) groups is 1. The third-order valence-corrected chi connectivity index (χ3v) is 3.64. The molecule has 0 aromatic heterocycles. The van der Waals surface area contributed by atoms with E-state index in [0.29, 0.717) is 12.1 Å². The van der Waals surface area contributed by atoms with Gasteiger partial charge in [0.25, 0.3) is 0 Å². The average Bonchev–Trinajstić information content (AvgIpc) is 2.35. The summed E-state index contributed by atoms with van der Waals surface area (Å²) in [5.41, 5.74) is 6.26. The quantitative estimate of drug-likeness (QED) is 0.344. The Hall–Kier alpha value is -1.56. The van der Waals surface area contributed by atoms with Crippen molar-refractivity contribution in [1.82, 2.24) is 0 Å². The van der Waals surface area contributed by atoms with Crippen molar-refractivity contribution in [2.45, 2.75) is 27.2 Å². The molecule has 19 heavy (non-hydrogen) atoms. The van der Waals surface area contributed by atoms with Crippen LogP contribution < -0.4 is 11.1 Å². The number of carbonyl (C=O) groups excluding carboxylic acids is 1. The van der Waals surface area contributed by atoms with Crippen LogP contribution in [0.1, 0.15) is 25.8 Å². The van der Waals surface area contributed by atoms with Gasteiger partial charge in [-0.25, -0.2) is 0 Å². The van der Waals surface area contributed by atoms with Crippen LogP contribution in [0.2, 0.25) is 0 Å². The van der Waals surface area contributed by atoms with E-state index in [9.17, 15) is 4.79 Å². The molecule has 5 nitrogen and oxygen atoms in total. The highest BCUT2D eigenvalue weighted by Crippen LogP contribution is 2.25. The van der Waals surface area contributed by atoms with Gasteiger partial charge in [-0.15, -0.1) is 0 Å². The fourth-order valence-corrected chi connectivity index (χ4v) is 2.25. The summed E-state index contributed by atoms with van der Waals surface area (Å²) >= 11 is 3.37. The van der Waals surface area contributed by atoms with E-state index < -0.39 is 5.41 Å². The van der Waals surface area contributed by atoms with Gasteiger partial charge >= 0.3 is 0 Å². The van der Waals surface area contributed by atoms with Crippen molar-refractivity contribution in [2.75, 3.05) is 5.32 Å². The minimum absolute atomic E-state index is 0.0979. The lowest BCUT2D eigenvalue weighted by atomic mass is 9.85. The fourth-order valence-electron chi connectivity index (χ4n) is 1.65. The van der Waals surface area contributed by atoms with Gasteiger partial charge in [-0.1, -0.05) is 28.0 Å². The number of nitrogens with two attached hydrogens (primary N) is 1. The number of hydrogen-bond acceptors (Lipinski definition) is 3. The van der Waals surface area contributed by atoms with Crippen molar-refractivity contribution in [3.8, 4) is 0 Å². The van der Waals surface area contributed by atoms with Gasteiger partial charge in [-0.3, -0.25) is 4.79 Å². The maximum absolute atomic E-state index is 12.3. The number of aryl methyl sites for hydroxylation is 1. The maximum Gasteiger partial charge on any atom is 0.238 e. The van der Waals surface area contributed by atoms with Crippen molar-refractivity contribution in [3.63, 3.8) is 0 Å². The largest absolute Gasteiger partial charge is 0.409 e. The van der Waals surface area contributed by atoms with Crippen LogP contribution in [0.5, 0.6) is 0 Å². The predicted octanol–water partition coefficient (Wildman–Crippen LogP) is 2.86. The van der Waals surface area contributed by atoms with Crippen molar-refractivity contribution in [1.29, 1.82) is 0 Å². The molecule has 1 unspecified atom stereocenters. The fraction of sp³-hybridized carbons (Fsp3) is 0.385. The van der Waals surface area contributed by atoms with Crippen LogP contribution >= 0.6 is 15.9 Å². The van der Waals surface area contributed by atoms with E-state index in [4.69, 9.17) is 10.9 Å². The summed E-state index contributed by atoms with van der Waals surface area (Å²) < 4.78 is 0.879. The number of amides is 1. The van der Waals surface area contributed by atoms with Crippen molar-refractivity contribution < 1.29 is 10.0 Å². The Morgan fingerprint density at radius 1 is 1.53 bits per heavy atom. The molecule has 4 N–H and O–H groups in total. The number of halogens is 1. The number of anilines is 1. The first-order chi connectivity index (χ1) is 8.83. The van der Waals surface area contributed by atoms with Crippen LogP contribution in [0.25, 0.3) is 0 Å². The van der Waals surface area contributed by atoms with E-state index in [1.807, 2.05) is 26.0 Å². The Morgan fingerprint density at radius 2 is 2.16 bits per heavy atom. The molecule has 0 radical (unpaired) electrons. The normalized spacial score (nSPS) is 14.8. The minimum Gasteiger partial charge on any atom is -0.409 e. The molecule has 1 aromatic carbocycles. The summed E-state index contributed by atoms with van der Waals surface area (Å²) in [7, 11) is 0. The molecule has 0 saturated carbocycles. The molecule has 0 aliphatic rings. The molecule has 0 bridgehead atoms. The molecule has 0 heterocycles. The first-order valence-corrected chi connectivity index (χ1v) is 6.69. The van der Waals surface area contributed by atoms with Gasteiger partial charge in [-0.2, -0.15) is 0 Å². The van der Waals surface area contributed by atoms with Crippen molar-refractivity contribution >= 4 is 33.4 Å². The summed E-state index contributed by atoms with van der Waals surface area (Å²) in [6, 6.07) is 5.59. The van der Waals surface area contributed by atoms with Gasteiger partial charge < -0.3 is 16.3 Å². The Bertz CT molecular complexity index is 496. The summed E-state index contributed by atoms with van der Waals surface area (Å²) in [6.07, 6.45) is 0.432. The zero-order chi connectivity index (χ0) is 14.6. The second kappa shape index (κ2) is 6.06. The molecule has 0 aliphatic carbocycles. The molecule has 0 spiro atoms. The van der Waals surface area contributed by atoms with E-state index in [1.165, 1.54) is 0 Å². The highest BCUT2D eigenvalue weighted by molar-refractivity contribution is 9.10. The van der Waals surface area contributed by atoms with Crippen LogP contribution in [-0.4, -0.2) is 17.0 Å². The van der Waals surface area contributed by atoms with E-state index in [1.54, 1.807) is 13.0 Å². The smallest absolute Gasteiger partial charge is 0.238 e. The topological polar surface area (TPSA) is 87.7 Å². The number of benzene rings is 1. The Kier molecular flexibility index (Phi) is 4.94. The monoisotopic (exact) mass is 327 g/mol. The van der Waals surface area contributed by atoms with Crippen LogP contribution in [0.3, 0.4) is 0 Å². The van der Waals surface area contributed by atoms with E-state index in [-0.39, 0.29) is 11.7 Å². The molecule has 104 valence electrons. The van der Waals surface area contributed by atoms with Crippen LogP contribution in [-0.2, 0) is 4.79 Å². The summed E-state index contributed by atoms with van der Waals surface area (Å²) in [5.74, 6) is -0.401. The summed E-state index contributed by atoms with van der Waals surface area (Å²) in [6.45, 7) is 5.38. The Labute approximate surface area is 121 Å². The number of amidine groups is 1. The molecular formula is C13H18BrN3O2. The standard InChI is InChI=1S/C13H18BrN3O2/c1-4-13(3,11(15)17-19)12(18)16-10-6-8(2)5-9(14)7-10/h5-7,19H,4H2,1-3H3,(H2,15,17)(H,16,18). The maximum atomic E-state index is 12.3. The molecule has 1 aromatic rings. The lowest BCUT2D eigenvalue weighted by Crippen LogP contribution is -2.44. The Balaban J connectivity index is 3.01. The van der Waals surface area contributed by atoms with Crippen LogP contribution in [0.4, 0.5) is 5.69 Å². The van der Waals surface area contributed by atoms with Crippen LogP contribution in [0, 0.1) is 12.3 Å². The highest BCUT2D eigenvalue weighted by Gasteiger charge is 2.36. The average molecular weight is 328 g/mol. The van der Waals surface area contributed by atoms with Gasteiger partial charge in [0.05, 0.1) is 0 Å². The minimum atomic E-state index is -1.04. The summed E-state index contributed by atoms with van der Waals surface area (Å²) in [4.78, 5) is 12.3. The van der Waals surface area contributed by atoms with Gasteiger partial charge in [0.15, 0.2) is 5.84 Å². The highest BCUT2D eigenvalue weighted by atomic mass is 79.9. The molecule has 0 fully saturated rings. The van der Waals surface area contributed by atoms with Gasteiger partial charge in [0, 0.05) is 10.2 Å². The molecule has 1 amide bonds. The number of rotatable bonds is 4. The first-order valence-electron chi connectivity index (χ1n) is 5.90. The molecular weight excluding hydrogens is 310 g/mol.